The molecule has 2 unspecified atom stereocenters. The molecular formula is C14H21N3O3. The van der Waals surface area contributed by atoms with E-state index in [1.165, 1.54) is 6.07 Å². The van der Waals surface area contributed by atoms with Crippen LogP contribution in [0.2, 0.25) is 0 Å². The summed E-state index contributed by atoms with van der Waals surface area (Å²) in [6.45, 7) is 2.34. The van der Waals surface area contributed by atoms with Crippen LogP contribution in [0, 0.1) is 10.1 Å². The molecule has 3 N–H and O–H groups in total. The number of nitrogens with one attached hydrogen (secondary N) is 1. The van der Waals surface area contributed by atoms with E-state index in [1.807, 2.05) is 6.92 Å². The highest BCUT2D eigenvalue weighted by atomic mass is 16.6. The fraction of sp³-hybridized carbons (Fsp3) is 0.571. The highest BCUT2D eigenvalue weighted by molar-refractivity contribution is 5.64. The van der Waals surface area contributed by atoms with Crippen LogP contribution in [-0.2, 0) is 0 Å². The molecular weight excluding hydrogens is 258 g/mol. The molecule has 110 valence electrons. The summed E-state index contributed by atoms with van der Waals surface area (Å²) in [5.74, 6) is 0.519. The number of rotatable bonds is 5. The number of ether oxygens (including phenoxy) is 1. The number of nitrogens with zero attached hydrogens (tertiary/aromatic N) is 1. The van der Waals surface area contributed by atoms with Crippen LogP contribution in [0.15, 0.2) is 18.2 Å². The summed E-state index contributed by atoms with van der Waals surface area (Å²) < 4.78 is 5.31. The van der Waals surface area contributed by atoms with Crippen molar-refractivity contribution in [1.29, 1.82) is 0 Å². The molecule has 20 heavy (non-hydrogen) atoms. The largest absolute Gasteiger partial charge is 0.494 e. The molecule has 0 amide bonds. The van der Waals surface area contributed by atoms with E-state index in [1.54, 1.807) is 12.1 Å². The number of nitro groups is 1. The van der Waals surface area contributed by atoms with E-state index in [0.29, 0.717) is 18.0 Å². The summed E-state index contributed by atoms with van der Waals surface area (Å²) in [4.78, 5) is 10.8. The Hall–Kier alpha value is -1.82. The van der Waals surface area contributed by atoms with Crippen molar-refractivity contribution in [2.45, 2.75) is 44.7 Å². The second-order valence-corrected chi connectivity index (χ2v) is 5.14. The average Bonchev–Trinajstić information content (AvgIpc) is 2.40. The van der Waals surface area contributed by atoms with Gasteiger partial charge in [-0.1, -0.05) is 0 Å². The molecule has 1 fully saturated rings. The molecule has 2 rings (SSSR count). The minimum atomic E-state index is -0.381. The third-order valence-corrected chi connectivity index (χ3v) is 3.55. The van der Waals surface area contributed by atoms with Gasteiger partial charge in [0, 0.05) is 12.1 Å². The molecule has 0 bridgehead atoms. The highest BCUT2D eigenvalue weighted by Gasteiger charge is 2.22. The predicted molar refractivity (Wildman–Crippen MR) is 78.1 cm³/mol. The van der Waals surface area contributed by atoms with Gasteiger partial charge in [-0.25, -0.2) is 0 Å². The van der Waals surface area contributed by atoms with Crippen molar-refractivity contribution < 1.29 is 9.66 Å². The van der Waals surface area contributed by atoms with Crippen molar-refractivity contribution >= 4 is 11.4 Å². The number of hydrogen-bond donors (Lipinski definition) is 2. The SMILES string of the molecule is CCOc1ccc(NC2CCCC(N)C2)c([N+](=O)[O-])c1. The van der Waals surface area contributed by atoms with Crippen LogP contribution < -0.4 is 15.8 Å². The van der Waals surface area contributed by atoms with E-state index < -0.39 is 0 Å². The Morgan fingerprint density at radius 2 is 2.30 bits per heavy atom. The molecule has 0 heterocycles. The third kappa shape index (κ3) is 3.60. The zero-order chi connectivity index (χ0) is 14.5. The van der Waals surface area contributed by atoms with Crippen molar-refractivity contribution in [3.63, 3.8) is 0 Å². The minimum Gasteiger partial charge on any atom is -0.494 e. The van der Waals surface area contributed by atoms with Gasteiger partial charge < -0.3 is 15.8 Å². The van der Waals surface area contributed by atoms with Gasteiger partial charge in [-0.15, -0.1) is 0 Å². The van der Waals surface area contributed by atoms with Gasteiger partial charge in [0.1, 0.15) is 11.4 Å². The summed E-state index contributed by atoms with van der Waals surface area (Å²) in [5.41, 5.74) is 6.54. The van der Waals surface area contributed by atoms with Gasteiger partial charge >= 0.3 is 0 Å². The maximum absolute atomic E-state index is 11.2. The van der Waals surface area contributed by atoms with Gasteiger partial charge in [0.2, 0.25) is 0 Å². The highest BCUT2D eigenvalue weighted by Crippen LogP contribution is 2.31. The summed E-state index contributed by atoms with van der Waals surface area (Å²) in [6, 6.07) is 5.32. The van der Waals surface area contributed by atoms with Crippen LogP contribution in [-0.4, -0.2) is 23.6 Å². The predicted octanol–water partition coefficient (Wildman–Crippen LogP) is 2.68. The Kier molecular flexibility index (Phi) is 4.79. The van der Waals surface area contributed by atoms with E-state index in [2.05, 4.69) is 5.32 Å². The maximum atomic E-state index is 11.2. The Morgan fingerprint density at radius 3 is 2.95 bits per heavy atom. The first-order valence-corrected chi connectivity index (χ1v) is 7.03. The Balaban J connectivity index is 2.15. The van der Waals surface area contributed by atoms with Gasteiger partial charge in [0.05, 0.1) is 17.6 Å². The lowest BCUT2D eigenvalue weighted by atomic mass is 9.91. The first-order chi connectivity index (χ1) is 9.60. The van der Waals surface area contributed by atoms with E-state index >= 15 is 0 Å². The molecule has 1 aliphatic rings. The standard InChI is InChI=1S/C14H21N3O3/c1-2-20-12-6-7-13(14(9-12)17(18)19)16-11-5-3-4-10(15)8-11/h6-7,9-11,16H,2-5,8,15H2,1H3. The lowest BCUT2D eigenvalue weighted by Crippen LogP contribution is -2.35. The van der Waals surface area contributed by atoms with Crippen molar-refractivity contribution in [3.8, 4) is 5.75 Å². The summed E-state index contributed by atoms with van der Waals surface area (Å²) in [5, 5.41) is 14.4. The number of nitrogens with two attached hydrogens (primary N) is 1. The molecule has 0 radical (unpaired) electrons. The zero-order valence-corrected chi connectivity index (χ0v) is 11.7. The van der Waals surface area contributed by atoms with E-state index in [0.717, 1.165) is 25.7 Å². The van der Waals surface area contributed by atoms with Crippen LogP contribution >= 0.6 is 0 Å². The second-order valence-electron chi connectivity index (χ2n) is 5.14. The number of benzene rings is 1. The second kappa shape index (κ2) is 6.56. The smallest absolute Gasteiger partial charge is 0.296 e. The van der Waals surface area contributed by atoms with Crippen LogP contribution in [0.4, 0.5) is 11.4 Å². The summed E-state index contributed by atoms with van der Waals surface area (Å²) >= 11 is 0. The fourth-order valence-corrected chi connectivity index (χ4v) is 2.62. The molecule has 1 saturated carbocycles. The van der Waals surface area contributed by atoms with Crippen LogP contribution in [0.1, 0.15) is 32.6 Å². The van der Waals surface area contributed by atoms with Gasteiger partial charge in [-0.05, 0) is 44.7 Å². The van der Waals surface area contributed by atoms with Crippen LogP contribution in [0.25, 0.3) is 0 Å². The lowest BCUT2D eigenvalue weighted by Gasteiger charge is -2.28. The Bertz CT molecular complexity index is 479. The molecule has 6 nitrogen and oxygen atoms in total. The van der Waals surface area contributed by atoms with Gasteiger partial charge in [-0.3, -0.25) is 10.1 Å². The number of anilines is 1. The average molecular weight is 279 g/mol. The number of hydrogen-bond acceptors (Lipinski definition) is 5. The topological polar surface area (TPSA) is 90.4 Å². The Morgan fingerprint density at radius 1 is 1.50 bits per heavy atom. The molecule has 6 heteroatoms. The molecule has 0 spiro atoms. The molecule has 1 aromatic rings. The number of nitro benzene ring substituents is 1. The molecule has 0 aliphatic heterocycles. The molecule has 1 aromatic carbocycles. The molecule has 2 atom stereocenters. The lowest BCUT2D eigenvalue weighted by molar-refractivity contribution is -0.384. The van der Waals surface area contributed by atoms with Crippen molar-refractivity contribution in [3.05, 3.63) is 28.3 Å². The zero-order valence-electron chi connectivity index (χ0n) is 11.7. The van der Waals surface area contributed by atoms with E-state index in [9.17, 15) is 10.1 Å². The van der Waals surface area contributed by atoms with Crippen LogP contribution in [0.3, 0.4) is 0 Å². The third-order valence-electron chi connectivity index (χ3n) is 3.55. The van der Waals surface area contributed by atoms with E-state index in [-0.39, 0.29) is 22.7 Å². The molecule has 1 aliphatic carbocycles. The normalized spacial score (nSPS) is 22.3. The van der Waals surface area contributed by atoms with Gasteiger partial charge in [-0.2, -0.15) is 0 Å². The minimum absolute atomic E-state index is 0.0510. The Labute approximate surface area is 118 Å². The summed E-state index contributed by atoms with van der Waals surface area (Å²) in [7, 11) is 0. The van der Waals surface area contributed by atoms with E-state index in [4.69, 9.17) is 10.5 Å². The summed E-state index contributed by atoms with van der Waals surface area (Å²) in [6.07, 6.45) is 3.94. The van der Waals surface area contributed by atoms with Crippen LogP contribution in [0.5, 0.6) is 5.75 Å². The monoisotopic (exact) mass is 279 g/mol. The van der Waals surface area contributed by atoms with Crippen molar-refractivity contribution in [1.82, 2.24) is 0 Å². The quantitative estimate of drug-likeness (QED) is 0.638. The van der Waals surface area contributed by atoms with Crippen molar-refractivity contribution in [2.24, 2.45) is 5.73 Å². The fourth-order valence-electron chi connectivity index (χ4n) is 2.62. The molecule has 0 aromatic heterocycles. The first kappa shape index (κ1) is 14.6. The maximum Gasteiger partial charge on any atom is 0.296 e. The van der Waals surface area contributed by atoms with Gasteiger partial charge in [0.15, 0.2) is 0 Å². The van der Waals surface area contributed by atoms with Gasteiger partial charge in [0.25, 0.3) is 5.69 Å². The van der Waals surface area contributed by atoms with Crippen molar-refractivity contribution in [2.75, 3.05) is 11.9 Å². The molecule has 0 saturated heterocycles. The first-order valence-electron chi connectivity index (χ1n) is 7.03.